The number of nitrogens with one attached hydrogen (secondary N) is 1. The molecule has 2 rings (SSSR count). The van der Waals surface area contributed by atoms with E-state index >= 15 is 0 Å². The molecule has 0 atom stereocenters. The highest BCUT2D eigenvalue weighted by molar-refractivity contribution is 7.90. The van der Waals surface area contributed by atoms with Gasteiger partial charge in [0.1, 0.15) is 5.69 Å². The summed E-state index contributed by atoms with van der Waals surface area (Å²) in [6.07, 6.45) is 0. The van der Waals surface area contributed by atoms with Gasteiger partial charge in [0, 0.05) is 18.3 Å². The molecule has 0 saturated carbocycles. The third-order valence-corrected chi connectivity index (χ3v) is 4.71. The van der Waals surface area contributed by atoms with Crippen LogP contribution in [0.25, 0.3) is 0 Å². The summed E-state index contributed by atoms with van der Waals surface area (Å²) in [5.41, 5.74) is 1.34. The molecule has 1 aromatic carbocycles. The van der Waals surface area contributed by atoms with Crippen molar-refractivity contribution in [1.82, 2.24) is 9.29 Å². The molecule has 22 heavy (non-hydrogen) atoms. The zero-order valence-electron chi connectivity index (χ0n) is 12.5. The van der Waals surface area contributed by atoms with Crippen LogP contribution in [-0.2, 0) is 17.1 Å². The number of aryl methyl sites for hydroxylation is 1. The Morgan fingerprint density at radius 1 is 1.14 bits per heavy atom. The van der Waals surface area contributed by atoms with Crippen LogP contribution >= 0.6 is 0 Å². The van der Waals surface area contributed by atoms with Crippen molar-refractivity contribution in [3.05, 3.63) is 53.3 Å². The van der Waals surface area contributed by atoms with Gasteiger partial charge < -0.3 is 4.57 Å². The predicted octanol–water partition coefficient (Wildman–Crippen LogP) is 1.65. The van der Waals surface area contributed by atoms with Gasteiger partial charge in [-0.2, -0.15) is 0 Å². The Morgan fingerprint density at radius 2 is 1.82 bits per heavy atom. The van der Waals surface area contributed by atoms with Crippen LogP contribution in [0.3, 0.4) is 0 Å². The molecule has 0 spiro atoms. The Kier molecular flexibility index (Phi) is 4.18. The van der Waals surface area contributed by atoms with Gasteiger partial charge in [0.2, 0.25) is 0 Å². The first-order valence-electron chi connectivity index (χ1n) is 6.53. The van der Waals surface area contributed by atoms with E-state index in [-0.39, 0.29) is 21.9 Å². The van der Waals surface area contributed by atoms with E-state index in [9.17, 15) is 18.0 Å². The molecule has 0 bridgehead atoms. The summed E-state index contributed by atoms with van der Waals surface area (Å²) < 4.78 is 28.1. The highest BCUT2D eigenvalue weighted by Crippen LogP contribution is 2.13. The van der Waals surface area contributed by atoms with Crippen molar-refractivity contribution in [2.45, 2.75) is 18.7 Å². The van der Waals surface area contributed by atoms with Crippen molar-refractivity contribution in [3.63, 3.8) is 0 Å². The smallest absolute Gasteiger partial charge is 0.281 e. The van der Waals surface area contributed by atoms with Crippen LogP contribution in [0.15, 0.2) is 41.3 Å². The first kappa shape index (κ1) is 16.0. The van der Waals surface area contributed by atoms with Gasteiger partial charge in [0.05, 0.1) is 4.90 Å². The molecule has 1 N–H and O–H groups in total. The number of hydrogen-bond donors (Lipinski definition) is 1. The van der Waals surface area contributed by atoms with Gasteiger partial charge in [0.15, 0.2) is 5.78 Å². The van der Waals surface area contributed by atoms with Gasteiger partial charge in [-0.25, -0.2) is 13.1 Å². The van der Waals surface area contributed by atoms with Crippen LogP contribution in [-0.4, -0.2) is 24.7 Å². The SMILES string of the molecule is CC(=O)c1cccc(S(=O)(=O)NC(=O)c2ccc(C)n2C)c1. The summed E-state index contributed by atoms with van der Waals surface area (Å²) in [7, 11) is -2.36. The Morgan fingerprint density at radius 3 is 2.36 bits per heavy atom. The minimum Gasteiger partial charge on any atom is -0.344 e. The van der Waals surface area contributed by atoms with Crippen LogP contribution < -0.4 is 4.72 Å². The number of carbonyl (C=O) groups is 2. The van der Waals surface area contributed by atoms with Crippen LogP contribution in [0, 0.1) is 6.92 Å². The van der Waals surface area contributed by atoms with Crippen LogP contribution in [0.5, 0.6) is 0 Å². The number of hydrogen-bond acceptors (Lipinski definition) is 4. The molecule has 0 aliphatic carbocycles. The van der Waals surface area contributed by atoms with Crippen molar-refractivity contribution in [2.75, 3.05) is 0 Å². The highest BCUT2D eigenvalue weighted by atomic mass is 32.2. The van der Waals surface area contributed by atoms with E-state index in [2.05, 4.69) is 0 Å². The van der Waals surface area contributed by atoms with Gasteiger partial charge in [-0.15, -0.1) is 0 Å². The average Bonchev–Trinajstić information content (AvgIpc) is 2.78. The van der Waals surface area contributed by atoms with Crippen molar-refractivity contribution in [3.8, 4) is 0 Å². The number of ketones is 1. The Labute approximate surface area is 128 Å². The molecule has 0 fully saturated rings. The topological polar surface area (TPSA) is 85.2 Å². The lowest BCUT2D eigenvalue weighted by Crippen LogP contribution is -2.32. The molecule has 2 aromatic rings. The summed E-state index contributed by atoms with van der Waals surface area (Å²) in [6.45, 7) is 3.15. The number of rotatable bonds is 4. The lowest BCUT2D eigenvalue weighted by molar-refractivity contribution is 0.0972. The van der Waals surface area contributed by atoms with E-state index in [1.54, 1.807) is 23.7 Å². The van der Waals surface area contributed by atoms with E-state index < -0.39 is 15.9 Å². The zero-order valence-corrected chi connectivity index (χ0v) is 13.3. The quantitative estimate of drug-likeness (QED) is 0.868. The minimum atomic E-state index is -4.04. The normalized spacial score (nSPS) is 11.2. The third kappa shape index (κ3) is 3.09. The van der Waals surface area contributed by atoms with Gasteiger partial charge >= 0.3 is 0 Å². The second-order valence-corrected chi connectivity index (χ2v) is 6.62. The van der Waals surface area contributed by atoms with E-state index in [4.69, 9.17) is 0 Å². The fourth-order valence-corrected chi connectivity index (χ4v) is 2.96. The van der Waals surface area contributed by atoms with E-state index in [0.29, 0.717) is 0 Å². The number of Topliss-reactive ketones (excluding diaryl/α,β-unsaturated/α-hetero) is 1. The number of sulfonamides is 1. The Balaban J connectivity index is 2.32. The van der Waals surface area contributed by atoms with Crippen molar-refractivity contribution in [1.29, 1.82) is 0 Å². The Hall–Kier alpha value is -2.41. The highest BCUT2D eigenvalue weighted by Gasteiger charge is 2.21. The van der Waals surface area contributed by atoms with Gasteiger partial charge in [-0.1, -0.05) is 12.1 Å². The van der Waals surface area contributed by atoms with E-state index in [1.165, 1.54) is 31.2 Å². The number of benzene rings is 1. The second-order valence-electron chi connectivity index (χ2n) is 4.94. The molecule has 0 aliphatic rings. The van der Waals surface area contributed by atoms with Gasteiger partial charge in [0.25, 0.3) is 15.9 Å². The lowest BCUT2D eigenvalue weighted by atomic mass is 10.2. The molecule has 1 amide bonds. The monoisotopic (exact) mass is 320 g/mol. The minimum absolute atomic E-state index is 0.125. The van der Waals surface area contributed by atoms with Crippen LogP contribution in [0.1, 0.15) is 33.5 Å². The molecule has 1 aromatic heterocycles. The maximum atomic E-state index is 12.3. The molecule has 1 heterocycles. The van der Waals surface area contributed by atoms with Crippen LogP contribution in [0.4, 0.5) is 0 Å². The molecular weight excluding hydrogens is 304 g/mol. The maximum absolute atomic E-state index is 12.3. The maximum Gasteiger partial charge on any atom is 0.281 e. The Bertz CT molecular complexity index is 850. The summed E-state index contributed by atoms with van der Waals surface area (Å²) in [6, 6.07) is 8.82. The van der Waals surface area contributed by atoms with Gasteiger partial charge in [-0.3, -0.25) is 9.59 Å². The van der Waals surface area contributed by atoms with E-state index in [0.717, 1.165) is 5.69 Å². The third-order valence-electron chi connectivity index (χ3n) is 3.38. The molecule has 0 unspecified atom stereocenters. The van der Waals surface area contributed by atoms with Gasteiger partial charge in [-0.05, 0) is 38.1 Å². The second kappa shape index (κ2) is 5.76. The molecule has 0 radical (unpaired) electrons. The average molecular weight is 320 g/mol. The van der Waals surface area contributed by atoms with Crippen LogP contribution in [0.2, 0.25) is 0 Å². The number of aromatic nitrogens is 1. The number of nitrogens with zero attached hydrogens (tertiary/aromatic N) is 1. The lowest BCUT2D eigenvalue weighted by Gasteiger charge is -2.09. The summed E-state index contributed by atoms with van der Waals surface area (Å²) in [4.78, 5) is 23.3. The fourth-order valence-electron chi connectivity index (χ4n) is 1.96. The van der Waals surface area contributed by atoms with Crippen molar-refractivity contribution in [2.24, 2.45) is 7.05 Å². The molecule has 116 valence electrons. The first-order valence-corrected chi connectivity index (χ1v) is 8.01. The number of amides is 1. The van der Waals surface area contributed by atoms with Crippen molar-refractivity contribution >= 4 is 21.7 Å². The summed E-state index contributed by atoms with van der Waals surface area (Å²) in [5.74, 6) is -0.967. The molecular formula is C15H16N2O4S. The predicted molar refractivity (Wildman–Crippen MR) is 81.2 cm³/mol. The summed E-state index contributed by atoms with van der Waals surface area (Å²) >= 11 is 0. The first-order chi connectivity index (χ1) is 10.2. The number of carbonyl (C=O) groups excluding carboxylic acids is 2. The largest absolute Gasteiger partial charge is 0.344 e. The molecule has 7 heteroatoms. The van der Waals surface area contributed by atoms with Crippen molar-refractivity contribution < 1.29 is 18.0 Å². The standard InChI is InChI=1S/C15H16N2O4S/c1-10-7-8-14(17(10)3)15(19)16-22(20,21)13-6-4-5-12(9-13)11(2)18/h4-9H,1-3H3,(H,16,19). The zero-order chi connectivity index (χ0) is 16.5. The molecule has 0 saturated heterocycles. The summed E-state index contributed by atoms with van der Waals surface area (Å²) in [5, 5.41) is 0. The molecule has 0 aliphatic heterocycles. The van der Waals surface area contributed by atoms with E-state index in [1.807, 2.05) is 11.6 Å². The fraction of sp³-hybridized carbons (Fsp3) is 0.200. The molecule has 6 nitrogen and oxygen atoms in total.